The number of anilines is 1. The first-order chi connectivity index (χ1) is 12.5. The summed E-state index contributed by atoms with van der Waals surface area (Å²) in [6.07, 6.45) is 1.03. The van der Waals surface area contributed by atoms with Crippen molar-refractivity contribution in [3.8, 4) is 11.5 Å². The van der Waals surface area contributed by atoms with Crippen molar-refractivity contribution >= 4 is 17.5 Å². The lowest BCUT2D eigenvalue weighted by Gasteiger charge is -2.24. The number of aliphatic hydroxyl groups is 1. The van der Waals surface area contributed by atoms with Gasteiger partial charge in [0.25, 0.3) is 0 Å². The lowest BCUT2D eigenvalue weighted by molar-refractivity contribution is -0.127. The zero-order chi connectivity index (χ0) is 18.7. The molecule has 26 heavy (non-hydrogen) atoms. The van der Waals surface area contributed by atoms with Crippen molar-refractivity contribution in [2.45, 2.75) is 32.7 Å². The van der Waals surface area contributed by atoms with Crippen LogP contribution in [0, 0.1) is 11.8 Å². The van der Waals surface area contributed by atoms with Gasteiger partial charge in [0.15, 0.2) is 11.5 Å². The molecular formula is C19H26N2O5. The molecule has 1 saturated heterocycles. The normalized spacial score (nSPS) is 21.4. The van der Waals surface area contributed by atoms with Crippen LogP contribution in [-0.2, 0) is 9.59 Å². The molecule has 3 rings (SSSR count). The molecule has 2 heterocycles. The van der Waals surface area contributed by atoms with E-state index in [1.54, 1.807) is 23.1 Å². The maximum absolute atomic E-state index is 12.5. The molecule has 7 nitrogen and oxygen atoms in total. The Labute approximate surface area is 153 Å². The van der Waals surface area contributed by atoms with Crippen molar-refractivity contribution in [3.63, 3.8) is 0 Å². The third kappa shape index (κ3) is 3.77. The molecular weight excluding hydrogens is 336 g/mol. The lowest BCUT2D eigenvalue weighted by Crippen LogP contribution is -2.45. The van der Waals surface area contributed by atoms with Gasteiger partial charge in [0.2, 0.25) is 11.8 Å². The molecule has 1 aromatic rings. The third-order valence-corrected chi connectivity index (χ3v) is 5.19. The average Bonchev–Trinajstić information content (AvgIpc) is 3.06. The summed E-state index contributed by atoms with van der Waals surface area (Å²) in [7, 11) is 0. The van der Waals surface area contributed by atoms with E-state index in [0.29, 0.717) is 36.9 Å². The molecule has 1 aromatic carbocycles. The van der Waals surface area contributed by atoms with Gasteiger partial charge in [0.05, 0.1) is 18.6 Å². The Morgan fingerprint density at radius 3 is 2.77 bits per heavy atom. The van der Waals surface area contributed by atoms with E-state index < -0.39 is 5.92 Å². The largest absolute Gasteiger partial charge is 0.486 e. The number of fused-ring (bicyclic) bond motifs is 1. The second-order valence-corrected chi connectivity index (χ2v) is 6.92. The first-order valence-corrected chi connectivity index (χ1v) is 9.14. The van der Waals surface area contributed by atoms with Crippen molar-refractivity contribution in [1.29, 1.82) is 0 Å². The van der Waals surface area contributed by atoms with Gasteiger partial charge >= 0.3 is 0 Å². The molecule has 0 aromatic heterocycles. The number of ether oxygens (including phenoxy) is 2. The molecule has 0 aliphatic carbocycles. The minimum Gasteiger partial charge on any atom is -0.486 e. The highest BCUT2D eigenvalue weighted by molar-refractivity contribution is 6.00. The summed E-state index contributed by atoms with van der Waals surface area (Å²) >= 11 is 0. The maximum Gasteiger partial charge on any atom is 0.227 e. The van der Waals surface area contributed by atoms with Gasteiger partial charge in [-0.25, -0.2) is 0 Å². The Morgan fingerprint density at radius 2 is 2.08 bits per heavy atom. The van der Waals surface area contributed by atoms with Crippen molar-refractivity contribution in [2.24, 2.45) is 11.8 Å². The Bertz CT molecular complexity index is 678. The third-order valence-electron chi connectivity index (χ3n) is 5.19. The van der Waals surface area contributed by atoms with Gasteiger partial charge < -0.3 is 24.8 Å². The van der Waals surface area contributed by atoms with Crippen LogP contribution in [0.3, 0.4) is 0 Å². The fourth-order valence-corrected chi connectivity index (χ4v) is 3.29. The fourth-order valence-electron chi connectivity index (χ4n) is 3.29. The number of amides is 2. The van der Waals surface area contributed by atoms with Crippen LogP contribution in [0.15, 0.2) is 18.2 Å². The first-order valence-electron chi connectivity index (χ1n) is 9.14. The zero-order valence-electron chi connectivity index (χ0n) is 15.2. The summed E-state index contributed by atoms with van der Waals surface area (Å²) in [5.74, 6) is 0.763. The molecule has 2 aliphatic rings. The van der Waals surface area contributed by atoms with Gasteiger partial charge in [-0.15, -0.1) is 0 Å². The molecule has 0 bridgehead atoms. The smallest absolute Gasteiger partial charge is 0.227 e. The van der Waals surface area contributed by atoms with Crippen LogP contribution >= 0.6 is 0 Å². The number of nitrogens with zero attached hydrogens (tertiary/aromatic N) is 1. The summed E-state index contributed by atoms with van der Waals surface area (Å²) in [6.45, 7) is 5.22. The Kier molecular flexibility index (Phi) is 5.66. The number of carbonyl (C=O) groups excluding carboxylic acids is 2. The quantitative estimate of drug-likeness (QED) is 0.797. The van der Waals surface area contributed by atoms with E-state index in [1.165, 1.54) is 0 Å². The zero-order valence-corrected chi connectivity index (χ0v) is 15.2. The average molecular weight is 362 g/mol. The topological polar surface area (TPSA) is 88.1 Å². The monoisotopic (exact) mass is 362 g/mol. The molecule has 0 saturated carbocycles. The Balaban J connectivity index is 1.67. The van der Waals surface area contributed by atoms with Crippen LogP contribution < -0.4 is 19.7 Å². The standard InChI is InChI=1S/C19H26N2O5/c1-3-12(2)15(11-22)20-19(24)13-8-18(23)21(10-13)14-4-5-16-17(9-14)26-7-6-25-16/h4-5,9,12-13,15,22H,3,6-8,10-11H2,1-2H3,(H,20,24)/t12-,13+,15+/m0/s1. The summed E-state index contributed by atoms with van der Waals surface area (Å²) < 4.78 is 11.1. The van der Waals surface area contributed by atoms with Crippen LogP contribution in [0.25, 0.3) is 0 Å². The number of carbonyl (C=O) groups is 2. The molecule has 2 N–H and O–H groups in total. The molecule has 142 valence electrons. The summed E-state index contributed by atoms with van der Waals surface area (Å²) in [5.41, 5.74) is 0.704. The highest BCUT2D eigenvalue weighted by atomic mass is 16.6. The van der Waals surface area contributed by atoms with E-state index in [2.05, 4.69) is 5.32 Å². The van der Waals surface area contributed by atoms with Crippen LogP contribution in [-0.4, -0.2) is 49.3 Å². The van der Waals surface area contributed by atoms with Crippen LogP contribution in [0.5, 0.6) is 11.5 Å². The molecule has 7 heteroatoms. The van der Waals surface area contributed by atoms with E-state index in [4.69, 9.17) is 9.47 Å². The predicted molar refractivity (Wildman–Crippen MR) is 96.4 cm³/mol. The summed E-state index contributed by atoms with van der Waals surface area (Å²) in [6, 6.07) is 5.09. The molecule has 1 fully saturated rings. The Morgan fingerprint density at radius 1 is 1.35 bits per heavy atom. The van der Waals surface area contributed by atoms with E-state index in [-0.39, 0.29) is 36.8 Å². The van der Waals surface area contributed by atoms with Crippen molar-refractivity contribution < 1.29 is 24.2 Å². The second-order valence-electron chi connectivity index (χ2n) is 6.92. The maximum atomic E-state index is 12.5. The van der Waals surface area contributed by atoms with Crippen molar-refractivity contribution in [1.82, 2.24) is 5.32 Å². The molecule has 0 radical (unpaired) electrons. The number of aliphatic hydroxyl groups excluding tert-OH is 1. The lowest BCUT2D eigenvalue weighted by atomic mass is 9.98. The van der Waals surface area contributed by atoms with Gasteiger partial charge in [0, 0.05) is 24.7 Å². The van der Waals surface area contributed by atoms with E-state index in [1.807, 2.05) is 13.8 Å². The molecule has 0 unspecified atom stereocenters. The number of nitrogens with one attached hydrogen (secondary N) is 1. The van der Waals surface area contributed by atoms with Crippen molar-refractivity contribution in [2.75, 3.05) is 31.3 Å². The van der Waals surface area contributed by atoms with E-state index in [0.717, 1.165) is 6.42 Å². The number of benzene rings is 1. The first kappa shape index (κ1) is 18.5. The summed E-state index contributed by atoms with van der Waals surface area (Å²) in [5, 5.41) is 12.4. The van der Waals surface area contributed by atoms with Crippen LogP contribution in [0.4, 0.5) is 5.69 Å². The fraction of sp³-hybridized carbons (Fsp3) is 0.579. The Hall–Kier alpha value is -2.28. The van der Waals surface area contributed by atoms with Crippen molar-refractivity contribution in [3.05, 3.63) is 18.2 Å². The summed E-state index contributed by atoms with van der Waals surface area (Å²) in [4.78, 5) is 26.6. The minimum atomic E-state index is -0.422. The van der Waals surface area contributed by atoms with Gasteiger partial charge in [-0.3, -0.25) is 9.59 Å². The van der Waals surface area contributed by atoms with E-state index in [9.17, 15) is 14.7 Å². The number of hydrogen-bond acceptors (Lipinski definition) is 5. The van der Waals surface area contributed by atoms with Gasteiger partial charge in [-0.05, 0) is 18.1 Å². The molecule has 3 atom stereocenters. The van der Waals surface area contributed by atoms with Crippen LogP contribution in [0.2, 0.25) is 0 Å². The predicted octanol–water partition coefficient (Wildman–Crippen LogP) is 1.33. The minimum absolute atomic E-state index is 0.0917. The van der Waals surface area contributed by atoms with Gasteiger partial charge in [-0.2, -0.15) is 0 Å². The number of hydrogen-bond donors (Lipinski definition) is 2. The molecule has 2 aliphatic heterocycles. The van der Waals surface area contributed by atoms with Crippen LogP contribution in [0.1, 0.15) is 26.7 Å². The molecule has 2 amide bonds. The SMILES string of the molecule is CC[C@H](C)[C@@H](CO)NC(=O)[C@@H]1CC(=O)N(c2ccc3c(c2)OCCO3)C1. The van der Waals surface area contributed by atoms with E-state index >= 15 is 0 Å². The molecule has 0 spiro atoms. The highest BCUT2D eigenvalue weighted by Gasteiger charge is 2.36. The second kappa shape index (κ2) is 7.95. The van der Waals surface area contributed by atoms with Gasteiger partial charge in [0.1, 0.15) is 13.2 Å². The number of rotatable bonds is 6. The van der Waals surface area contributed by atoms with Gasteiger partial charge in [-0.1, -0.05) is 20.3 Å². The highest BCUT2D eigenvalue weighted by Crippen LogP contribution is 2.36.